The third-order valence-electron chi connectivity index (χ3n) is 2.98. The average Bonchev–Trinajstić information content (AvgIpc) is 2.45. The van der Waals surface area contributed by atoms with E-state index in [1.54, 1.807) is 0 Å². The second kappa shape index (κ2) is 7.48. The van der Waals surface area contributed by atoms with Crippen molar-refractivity contribution < 1.29 is 4.79 Å². The van der Waals surface area contributed by atoms with Crippen molar-refractivity contribution in [1.82, 2.24) is 0 Å². The molecule has 0 aliphatic rings. The van der Waals surface area contributed by atoms with E-state index in [0.29, 0.717) is 13.0 Å². The van der Waals surface area contributed by atoms with Crippen LogP contribution in [0.1, 0.15) is 12.0 Å². The second-order valence-electron chi connectivity index (χ2n) is 4.70. The zero-order valence-electron chi connectivity index (χ0n) is 11.6. The SMILES string of the molecule is Cc1ccc(NCCC(=O)Nc2ccc(Br)cc2)cc1Cl. The van der Waals surface area contributed by atoms with Crippen molar-refractivity contribution >= 4 is 44.8 Å². The molecule has 0 spiro atoms. The molecule has 0 unspecified atom stereocenters. The highest BCUT2D eigenvalue weighted by Gasteiger charge is 2.03. The summed E-state index contributed by atoms with van der Waals surface area (Å²) in [5.74, 6) is -0.0250. The van der Waals surface area contributed by atoms with E-state index in [1.165, 1.54) is 0 Å². The molecule has 0 saturated heterocycles. The highest BCUT2D eigenvalue weighted by atomic mass is 79.9. The molecule has 5 heteroatoms. The van der Waals surface area contributed by atoms with E-state index in [4.69, 9.17) is 11.6 Å². The Morgan fingerprint density at radius 2 is 1.81 bits per heavy atom. The van der Waals surface area contributed by atoms with E-state index in [0.717, 1.165) is 26.4 Å². The number of halogens is 2. The number of benzene rings is 2. The van der Waals surface area contributed by atoms with Gasteiger partial charge in [0.05, 0.1) is 0 Å². The van der Waals surface area contributed by atoms with Crippen LogP contribution in [0.2, 0.25) is 5.02 Å². The molecule has 1 amide bonds. The van der Waals surface area contributed by atoms with Gasteiger partial charge in [0, 0.05) is 33.8 Å². The number of anilines is 2. The zero-order chi connectivity index (χ0) is 15.2. The Balaban J connectivity index is 1.78. The molecule has 0 fully saturated rings. The van der Waals surface area contributed by atoms with Gasteiger partial charge in [0.25, 0.3) is 0 Å². The predicted octanol–water partition coefficient (Wildman–Crippen LogP) is 4.85. The molecule has 0 aromatic heterocycles. The van der Waals surface area contributed by atoms with Crippen molar-refractivity contribution in [2.75, 3.05) is 17.2 Å². The summed E-state index contributed by atoms with van der Waals surface area (Å²) in [5, 5.41) is 6.76. The summed E-state index contributed by atoms with van der Waals surface area (Å²) < 4.78 is 0.985. The number of carbonyl (C=O) groups excluding carboxylic acids is 1. The first-order chi connectivity index (χ1) is 10.0. The molecule has 3 nitrogen and oxygen atoms in total. The second-order valence-corrected chi connectivity index (χ2v) is 6.02. The molecule has 0 atom stereocenters. The Labute approximate surface area is 137 Å². The summed E-state index contributed by atoms with van der Waals surface area (Å²) >= 11 is 9.41. The monoisotopic (exact) mass is 366 g/mol. The Hall–Kier alpha value is -1.52. The van der Waals surface area contributed by atoms with Crippen LogP contribution in [-0.2, 0) is 4.79 Å². The lowest BCUT2D eigenvalue weighted by atomic mass is 10.2. The fraction of sp³-hybridized carbons (Fsp3) is 0.188. The number of nitrogens with one attached hydrogen (secondary N) is 2. The van der Waals surface area contributed by atoms with E-state index < -0.39 is 0 Å². The minimum Gasteiger partial charge on any atom is -0.384 e. The van der Waals surface area contributed by atoms with Gasteiger partial charge in [-0.05, 0) is 48.9 Å². The standard InChI is InChI=1S/C16H16BrClN2O/c1-11-2-5-14(10-15(11)18)19-9-8-16(21)20-13-6-3-12(17)4-7-13/h2-7,10,19H,8-9H2,1H3,(H,20,21). The molecule has 2 N–H and O–H groups in total. The maximum absolute atomic E-state index is 11.8. The lowest BCUT2D eigenvalue weighted by Crippen LogP contribution is -2.16. The highest BCUT2D eigenvalue weighted by molar-refractivity contribution is 9.10. The van der Waals surface area contributed by atoms with Gasteiger partial charge in [-0.25, -0.2) is 0 Å². The molecule has 0 bridgehead atoms. The van der Waals surface area contributed by atoms with Crippen LogP contribution in [-0.4, -0.2) is 12.5 Å². The van der Waals surface area contributed by atoms with Gasteiger partial charge in [-0.15, -0.1) is 0 Å². The third-order valence-corrected chi connectivity index (χ3v) is 3.92. The lowest BCUT2D eigenvalue weighted by molar-refractivity contribution is -0.115. The normalized spacial score (nSPS) is 10.2. The minimum absolute atomic E-state index is 0.0250. The van der Waals surface area contributed by atoms with Crippen LogP contribution >= 0.6 is 27.5 Å². The highest BCUT2D eigenvalue weighted by Crippen LogP contribution is 2.20. The fourth-order valence-electron chi connectivity index (χ4n) is 1.78. The average molecular weight is 368 g/mol. The largest absolute Gasteiger partial charge is 0.384 e. The Kier molecular flexibility index (Phi) is 5.65. The number of hydrogen-bond donors (Lipinski definition) is 2. The number of rotatable bonds is 5. The summed E-state index contributed by atoms with van der Waals surface area (Å²) in [6, 6.07) is 13.3. The summed E-state index contributed by atoms with van der Waals surface area (Å²) in [4.78, 5) is 11.8. The maximum atomic E-state index is 11.8. The van der Waals surface area contributed by atoms with Gasteiger partial charge in [0.15, 0.2) is 0 Å². The molecular formula is C16H16BrClN2O. The Morgan fingerprint density at radius 3 is 2.48 bits per heavy atom. The molecule has 2 aromatic carbocycles. The van der Waals surface area contributed by atoms with Gasteiger partial charge >= 0.3 is 0 Å². The van der Waals surface area contributed by atoms with Crippen molar-refractivity contribution in [2.24, 2.45) is 0 Å². The van der Waals surface area contributed by atoms with Crippen LogP contribution in [0.25, 0.3) is 0 Å². The van der Waals surface area contributed by atoms with Crippen molar-refractivity contribution in [3.63, 3.8) is 0 Å². The molecule has 0 saturated carbocycles. The fourth-order valence-corrected chi connectivity index (χ4v) is 2.22. The van der Waals surface area contributed by atoms with Gasteiger partial charge in [0.1, 0.15) is 0 Å². The van der Waals surface area contributed by atoms with Gasteiger partial charge in [-0.3, -0.25) is 4.79 Å². The quantitative estimate of drug-likeness (QED) is 0.793. The zero-order valence-corrected chi connectivity index (χ0v) is 14.0. The summed E-state index contributed by atoms with van der Waals surface area (Å²) in [6.45, 7) is 2.51. The van der Waals surface area contributed by atoms with Crippen LogP contribution < -0.4 is 10.6 Å². The van der Waals surface area contributed by atoms with Crippen LogP contribution in [0.5, 0.6) is 0 Å². The molecule has 21 heavy (non-hydrogen) atoms. The molecule has 110 valence electrons. The topological polar surface area (TPSA) is 41.1 Å². The number of hydrogen-bond acceptors (Lipinski definition) is 2. The number of carbonyl (C=O) groups is 1. The molecule has 0 heterocycles. The molecule has 2 rings (SSSR count). The molecule has 0 aliphatic carbocycles. The van der Waals surface area contributed by atoms with Crippen LogP contribution in [0.3, 0.4) is 0 Å². The molecule has 0 radical (unpaired) electrons. The van der Waals surface area contributed by atoms with E-state index in [9.17, 15) is 4.79 Å². The number of aryl methyl sites for hydroxylation is 1. The van der Waals surface area contributed by atoms with Crippen molar-refractivity contribution in [3.8, 4) is 0 Å². The van der Waals surface area contributed by atoms with E-state index in [-0.39, 0.29) is 5.91 Å². The smallest absolute Gasteiger partial charge is 0.226 e. The van der Waals surface area contributed by atoms with E-state index >= 15 is 0 Å². The van der Waals surface area contributed by atoms with Gasteiger partial charge in [-0.2, -0.15) is 0 Å². The Morgan fingerprint density at radius 1 is 1.14 bits per heavy atom. The molecule has 2 aromatic rings. The maximum Gasteiger partial charge on any atom is 0.226 e. The molecular weight excluding hydrogens is 352 g/mol. The van der Waals surface area contributed by atoms with Crippen LogP contribution in [0.4, 0.5) is 11.4 Å². The molecule has 0 aliphatic heterocycles. The van der Waals surface area contributed by atoms with E-state index in [1.807, 2.05) is 49.4 Å². The summed E-state index contributed by atoms with van der Waals surface area (Å²) in [5.41, 5.74) is 2.75. The Bertz CT molecular complexity index is 629. The first-order valence-corrected chi connectivity index (χ1v) is 7.77. The lowest BCUT2D eigenvalue weighted by Gasteiger charge is -2.08. The van der Waals surface area contributed by atoms with Gasteiger partial charge in [-0.1, -0.05) is 33.6 Å². The third kappa shape index (κ3) is 5.06. The van der Waals surface area contributed by atoms with Crippen molar-refractivity contribution in [3.05, 3.63) is 57.5 Å². The minimum atomic E-state index is -0.0250. The first kappa shape index (κ1) is 15.9. The van der Waals surface area contributed by atoms with Crippen molar-refractivity contribution in [2.45, 2.75) is 13.3 Å². The summed E-state index contributed by atoms with van der Waals surface area (Å²) in [6.07, 6.45) is 0.390. The van der Waals surface area contributed by atoms with Gasteiger partial charge in [0.2, 0.25) is 5.91 Å². The number of amides is 1. The van der Waals surface area contributed by atoms with Crippen molar-refractivity contribution in [1.29, 1.82) is 0 Å². The van der Waals surface area contributed by atoms with Gasteiger partial charge < -0.3 is 10.6 Å². The van der Waals surface area contributed by atoms with Crippen LogP contribution in [0.15, 0.2) is 46.9 Å². The van der Waals surface area contributed by atoms with E-state index in [2.05, 4.69) is 26.6 Å². The summed E-state index contributed by atoms with van der Waals surface area (Å²) in [7, 11) is 0. The first-order valence-electron chi connectivity index (χ1n) is 6.60. The van der Waals surface area contributed by atoms with Crippen LogP contribution in [0, 0.1) is 6.92 Å². The predicted molar refractivity (Wildman–Crippen MR) is 92.1 cm³/mol.